The highest BCUT2D eigenvalue weighted by Crippen LogP contribution is 2.15. The van der Waals surface area contributed by atoms with Crippen LogP contribution in [-0.4, -0.2) is 61.1 Å². The Balaban J connectivity index is 1.58. The number of hydrogen-bond donors (Lipinski definition) is 2. The van der Waals surface area contributed by atoms with E-state index in [0.717, 1.165) is 19.6 Å². The molecule has 0 unspecified atom stereocenters. The van der Waals surface area contributed by atoms with Gasteiger partial charge in [-0.05, 0) is 24.3 Å². The minimum absolute atomic E-state index is 0.105. The molecule has 8 heteroatoms. The first-order chi connectivity index (χ1) is 13.7. The number of aromatic nitrogens is 1. The van der Waals surface area contributed by atoms with Crippen molar-refractivity contribution in [3.8, 4) is 6.07 Å². The van der Waals surface area contributed by atoms with Crippen LogP contribution >= 0.6 is 0 Å². The number of morpholine rings is 1. The average Bonchev–Trinajstić information content (AvgIpc) is 2.75. The second-order valence-electron chi connectivity index (χ2n) is 6.25. The summed E-state index contributed by atoms with van der Waals surface area (Å²) in [6, 6.07) is 11.7. The van der Waals surface area contributed by atoms with E-state index in [1.54, 1.807) is 30.3 Å². The van der Waals surface area contributed by atoms with Gasteiger partial charge in [0.1, 0.15) is 11.8 Å². The minimum Gasteiger partial charge on any atom is -0.379 e. The van der Waals surface area contributed by atoms with E-state index in [-0.39, 0.29) is 11.6 Å². The molecule has 0 bridgehead atoms. The number of nitrogens with one attached hydrogen (secondary N) is 2. The predicted molar refractivity (Wildman–Crippen MR) is 103 cm³/mol. The number of para-hydroxylation sites is 1. The van der Waals surface area contributed by atoms with E-state index >= 15 is 0 Å². The zero-order valence-electron chi connectivity index (χ0n) is 15.4. The van der Waals surface area contributed by atoms with E-state index in [2.05, 4.69) is 20.5 Å². The Labute approximate surface area is 163 Å². The first-order valence-electron chi connectivity index (χ1n) is 9.02. The SMILES string of the molecule is N#Cc1ccccc1NC(=O)c1cc(C(=O)NCCN2CCOCC2)ccn1. The average molecular weight is 379 g/mol. The Morgan fingerprint density at radius 3 is 2.75 bits per heavy atom. The Morgan fingerprint density at radius 2 is 1.96 bits per heavy atom. The molecule has 1 aromatic carbocycles. The van der Waals surface area contributed by atoms with Crippen LogP contribution < -0.4 is 10.6 Å². The maximum Gasteiger partial charge on any atom is 0.274 e. The number of amides is 2. The molecule has 28 heavy (non-hydrogen) atoms. The molecule has 144 valence electrons. The number of ether oxygens (including phenoxy) is 1. The van der Waals surface area contributed by atoms with E-state index in [4.69, 9.17) is 10.00 Å². The summed E-state index contributed by atoms with van der Waals surface area (Å²) in [5.41, 5.74) is 1.22. The standard InChI is InChI=1S/C20H21N5O3/c21-14-16-3-1-2-4-17(16)24-20(27)18-13-15(5-6-22-18)19(26)23-7-8-25-9-11-28-12-10-25/h1-6,13H,7-12H2,(H,23,26)(H,24,27). The van der Waals surface area contributed by atoms with Gasteiger partial charge in [0.2, 0.25) is 0 Å². The molecule has 0 spiro atoms. The normalized spacial score (nSPS) is 14.1. The maximum absolute atomic E-state index is 12.4. The molecule has 8 nitrogen and oxygen atoms in total. The number of hydrogen-bond acceptors (Lipinski definition) is 6. The van der Waals surface area contributed by atoms with Gasteiger partial charge in [0.05, 0.1) is 24.5 Å². The number of carbonyl (C=O) groups excluding carboxylic acids is 2. The molecule has 1 aliphatic rings. The van der Waals surface area contributed by atoms with Gasteiger partial charge in [0.25, 0.3) is 11.8 Å². The molecule has 0 radical (unpaired) electrons. The number of nitriles is 1. The van der Waals surface area contributed by atoms with Crippen LogP contribution in [0.1, 0.15) is 26.4 Å². The zero-order chi connectivity index (χ0) is 19.8. The van der Waals surface area contributed by atoms with E-state index in [0.29, 0.717) is 36.6 Å². The van der Waals surface area contributed by atoms with Crippen molar-refractivity contribution in [2.24, 2.45) is 0 Å². The summed E-state index contributed by atoms with van der Waals surface area (Å²) in [6.07, 6.45) is 1.42. The molecule has 1 aliphatic heterocycles. The molecular formula is C20H21N5O3. The van der Waals surface area contributed by atoms with E-state index in [1.807, 2.05) is 6.07 Å². The number of benzene rings is 1. The summed E-state index contributed by atoms with van der Waals surface area (Å²) >= 11 is 0. The predicted octanol–water partition coefficient (Wildman–Crippen LogP) is 1.27. The Kier molecular flexibility index (Phi) is 6.68. The van der Waals surface area contributed by atoms with Crippen molar-refractivity contribution in [3.63, 3.8) is 0 Å². The first kappa shape index (κ1) is 19.5. The fraction of sp³-hybridized carbons (Fsp3) is 0.300. The second-order valence-corrected chi connectivity index (χ2v) is 6.25. The number of anilines is 1. The molecule has 2 amide bonds. The smallest absolute Gasteiger partial charge is 0.274 e. The number of nitrogens with zero attached hydrogens (tertiary/aromatic N) is 3. The number of pyridine rings is 1. The monoisotopic (exact) mass is 379 g/mol. The highest BCUT2D eigenvalue weighted by atomic mass is 16.5. The zero-order valence-corrected chi connectivity index (χ0v) is 15.4. The quantitative estimate of drug-likeness (QED) is 0.783. The van der Waals surface area contributed by atoms with Gasteiger partial charge in [0.15, 0.2) is 0 Å². The van der Waals surface area contributed by atoms with Crippen molar-refractivity contribution >= 4 is 17.5 Å². The molecule has 2 aromatic rings. The van der Waals surface area contributed by atoms with Gasteiger partial charge < -0.3 is 15.4 Å². The lowest BCUT2D eigenvalue weighted by Crippen LogP contribution is -2.41. The Bertz CT molecular complexity index is 887. The lowest BCUT2D eigenvalue weighted by atomic mass is 10.1. The maximum atomic E-state index is 12.4. The molecular weight excluding hydrogens is 358 g/mol. The van der Waals surface area contributed by atoms with Gasteiger partial charge in [-0.2, -0.15) is 5.26 Å². The van der Waals surface area contributed by atoms with Gasteiger partial charge in [-0.15, -0.1) is 0 Å². The molecule has 2 N–H and O–H groups in total. The topological polar surface area (TPSA) is 107 Å². The van der Waals surface area contributed by atoms with Crippen LogP contribution in [0.15, 0.2) is 42.6 Å². The van der Waals surface area contributed by atoms with Gasteiger partial charge in [-0.1, -0.05) is 12.1 Å². The van der Waals surface area contributed by atoms with Crippen LogP contribution in [0.25, 0.3) is 0 Å². The van der Waals surface area contributed by atoms with E-state index in [1.165, 1.54) is 12.3 Å². The third kappa shape index (κ3) is 5.13. The largest absolute Gasteiger partial charge is 0.379 e. The van der Waals surface area contributed by atoms with Crippen LogP contribution in [0.3, 0.4) is 0 Å². The Morgan fingerprint density at radius 1 is 1.18 bits per heavy atom. The van der Waals surface area contributed by atoms with Crippen molar-refractivity contribution in [2.75, 3.05) is 44.7 Å². The second kappa shape index (κ2) is 9.60. The van der Waals surface area contributed by atoms with E-state index in [9.17, 15) is 9.59 Å². The third-order valence-electron chi connectivity index (χ3n) is 4.37. The van der Waals surface area contributed by atoms with Crippen molar-refractivity contribution < 1.29 is 14.3 Å². The van der Waals surface area contributed by atoms with Crippen LogP contribution in [-0.2, 0) is 4.74 Å². The fourth-order valence-electron chi connectivity index (χ4n) is 2.83. The van der Waals surface area contributed by atoms with Crippen molar-refractivity contribution in [1.82, 2.24) is 15.2 Å². The fourth-order valence-corrected chi connectivity index (χ4v) is 2.83. The third-order valence-corrected chi connectivity index (χ3v) is 4.37. The highest BCUT2D eigenvalue weighted by molar-refractivity contribution is 6.05. The molecule has 0 saturated carbocycles. The summed E-state index contributed by atoms with van der Waals surface area (Å²) in [6.45, 7) is 4.41. The van der Waals surface area contributed by atoms with Gasteiger partial charge in [-0.25, -0.2) is 0 Å². The lowest BCUT2D eigenvalue weighted by molar-refractivity contribution is 0.0383. The van der Waals surface area contributed by atoms with E-state index < -0.39 is 5.91 Å². The van der Waals surface area contributed by atoms with Crippen LogP contribution in [0.2, 0.25) is 0 Å². The summed E-state index contributed by atoms with van der Waals surface area (Å²) in [4.78, 5) is 31.1. The lowest BCUT2D eigenvalue weighted by Gasteiger charge is -2.26. The summed E-state index contributed by atoms with van der Waals surface area (Å²) in [7, 11) is 0. The summed E-state index contributed by atoms with van der Waals surface area (Å²) < 4.78 is 5.30. The van der Waals surface area contributed by atoms with Crippen LogP contribution in [0.4, 0.5) is 5.69 Å². The summed E-state index contributed by atoms with van der Waals surface area (Å²) in [5, 5.41) is 14.6. The van der Waals surface area contributed by atoms with Gasteiger partial charge in [0, 0.05) is 37.9 Å². The van der Waals surface area contributed by atoms with Crippen molar-refractivity contribution in [1.29, 1.82) is 5.26 Å². The summed E-state index contributed by atoms with van der Waals surface area (Å²) in [5.74, 6) is -0.743. The number of carbonyl (C=O) groups is 2. The molecule has 3 rings (SSSR count). The molecule has 0 aliphatic carbocycles. The van der Waals surface area contributed by atoms with Gasteiger partial charge >= 0.3 is 0 Å². The van der Waals surface area contributed by atoms with Crippen LogP contribution in [0.5, 0.6) is 0 Å². The minimum atomic E-state index is -0.481. The Hall–Kier alpha value is -3.28. The molecule has 1 saturated heterocycles. The van der Waals surface area contributed by atoms with Crippen LogP contribution in [0, 0.1) is 11.3 Å². The molecule has 1 fully saturated rings. The molecule has 2 heterocycles. The molecule has 1 aromatic heterocycles. The van der Waals surface area contributed by atoms with Crippen molar-refractivity contribution in [2.45, 2.75) is 0 Å². The first-order valence-corrected chi connectivity index (χ1v) is 9.02. The molecule has 0 atom stereocenters. The number of rotatable bonds is 6. The highest BCUT2D eigenvalue weighted by Gasteiger charge is 2.14. The van der Waals surface area contributed by atoms with Crippen molar-refractivity contribution in [3.05, 3.63) is 59.4 Å². The van der Waals surface area contributed by atoms with Gasteiger partial charge in [-0.3, -0.25) is 19.5 Å².